The molecule has 4 rings (SSSR count). The number of carbonyl (C=O) groups excluding carboxylic acids is 2. The van der Waals surface area contributed by atoms with Crippen LogP contribution >= 0.6 is 15.9 Å². The molecule has 2 aliphatic rings. The van der Waals surface area contributed by atoms with Gasteiger partial charge in [0.15, 0.2) is 5.69 Å². The fourth-order valence-electron chi connectivity index (χ4n) is 4.69. The zero-order chi connectivity index (χ0) is 21.6. The van der Waals surface area contributed by atoms with Crippen LogP contribution in [-0.2, 0) is 6.54 Å². The van der Waals surface area contributed by atoms with Crippen LogP contribution in [0, 0.1) is 0 Å². The number of halogens is 1. The molecule has 0 saturated heterocycles. The standard InChI is InChI=1S/C24H30BrN3O3/c25-18-9-7-8-17(14-18)24(30)28(20-12-5-2-6-13-20)15-22-27-21(16-31-22)23(29)26-19-10-3-1-4-11-19/h7-9,14,16,19-20H,1-6,10-13,15H2,(H,26,29). The molecule has 166 valence electrons. The lowest BCUT2D eigenvalue weighted by Crippen LogP contribution is -2.41. The summed E-state index contributed by atoms with van der Waals surface area (Å²) in [5, 5.41) is 3.07. The molecular weight excluding hydrogens is 458 g/mol. The number of nitrogens with one attached hydrogen (secondary N) is 1. The third-order valence-electron chi connectivity index (χ3n) is 6.38. The highest BCUT2D eigenvalue weighted by Gasteiger charge is 2.28. The van der Waals surface area contributed by atoms with Gasteiger partial charge in [-0.25, -0.2) is 4.98 Å². The number of nitrogens with zero attached hydrogens (tertiary/aromatic N) is 2. The number of carbonyl (C=O) groups is 2. The minimum atomic E-state index is -0.190. The minimum Gasteiger partial charge on any atom is -0.446 e. The van der Waals surface area contributed by atoms with E-state index in [1.54, 1.807) is 0 Å². The molecule has 2 aromatic rings. The molecule has 1 aromatic carbocycles. The molecule has 0 unspecified atom stereocenters. The summed E-state index contributed by atoms with van der Waals surface area (Å²) >= 11 is 3.46. The SMILES string of the molecule is O=C(NC1CCCCC1)c1coc(CN(C(=O)c2cccc(Br)c2)C2CCCCC2)n1. The largest absolute Gasteiger partial charge is 0.446 e. The van der Waals surface area contributed by atoms with E-state index in [-0.39, 0.29) is 30.4 Å². The van der Waals surface area contributed by atoms with Gasteiger partial charge in [-0.3, -0.25) is 9.59 Å². The van der Waals surface area contributed by atoms with Gasteiger partial charge in [-0.05, 0) is 43.9 Å². The molecule has 1 heterocycles. The van der Waals surface area contributed by atoms with Crippen molar-refractivity contribution in [3.63, 3.8) is 0 Å². The molecule has 0 radical (unpaired) electrons. The molecule has 1 aromatic heterocycles. The van der Waals surface area contributed by atoms with Gasteiger partial charge in [-0.1, -0.05) is 60.5 Å². The van der Waals surface area contributed by atoms with E-state index in [0.717, 1.165) is 55.8 Å². The van der Waals surface area contributed by atoms with E-state index in [1.807, 2.05) is 29.2 Å². The van der Waals surface area contributed by atoms with Crippen LogP contribution in [0.3, 0.4) is 0 Å². The van der Waals surface area contributed by atoms with Gasteiger partial charge in [0, 0.05) is 22.1 Å². The van der Waals surface area contributed by atoms with Crippen LogP contribution in [-0.4, -0.2) is 33.8 Å². The van der Waals surface area contributed by atoms with Crippen LogP contribution in [0.4, 0.5) is 0 Å². The Bertz CT molecular complexity index is 901. The second-order valence-electron chi connectivity index (χ2n) is 8.67. The first-order valence-electron chi connectivity index (χ1n) is 11.4. The number of hydrogen-bond donors (Lipinski definition) is 1. The van der Waals surface area contributed by atoms with E-state index in [4.69, 9.17) is 4.42 Å². The molecule has 1 N–H and O–H groups in total. The molecular formula is C24H30BrN3O3. The molecule has 2 fully saturated rings. The van der Waals surface area contributed by atoms with Crippen LogP contribution in [0.1, 0.15) is 90.9 Å². The summed E-state index contributed by atoms with van der Waals surface area (Å²) in [5.74, 6) is 0.187. The number of amides is 2. The average molecular weight is 488 g/mol. The molecule has 2 saturated carbocycles. The van der Waals surface area contributed by atoms with E-state index >= 15 is 0 Å². The van der Waals surface area contributed by atoms with Crippen molar-refractivity contribution in [1.82, 2.24) is 15.2 Å². The van der Waals surface area contributed by atoms with Crippen LogP contribution < -0.4 is 5.32 Å². The van der Waals surface area contributed by atoms with Crippen LogP contribution in [0.15, 0.2) is 39.4 Å². The van der Waals surface area contributed by atoms with Crippen molar-refractivity contribution in [3.05, 3.63) is 52.1 Å². The minimum absolute atomic E-state index is 0.0281. The van der Waals surface area contributed by atoms with Crippen LogP contribution in [0.5, 0.6) is 0 Å². The number of aromatic nitrogens is 1. The first-order valence-corrected chi connectivity index (χ1v) is 12.2. The molecule has 0 atom stereocenters. The normalized spacial score (nSPS) is 18.0. The summed E-state index contributed by atoms with van der Waals surface area (Å²) in [6, 6.07) is 7.84. The van der Waals surface area contributed by atoms with Crippen molar-refractivity contribution in [3.8, 4) is 0 Å². The zero-order valence-electron chi connectivity index (χ0n) is 17.8. The van der Waals surface area contributed by atoms with Gasteiger partial charge in [0.25, 0.3) is 11.8 Å². The smallest absolute Gasteiger partial charge is 0.273 e. The Morgan fingerprint density at radius 3 is 2.48 bits per heavy atom. The Labute approximate surface area is 191 Å². The highest BCUT2D eigenvalue weighted by Crippen LogP contribution is 2.26. The Balaban J connectivity index is 1.47. The van der Waals surface area contributed by atoms with Crippen molar-refractivity contribution >= 4 is 27.7 Å². The molecule has 2 amide bonds. The van der Waals surface area contributed by atoms with Crippen LogP contribution in [0.25, 0.3) is 0 Å². The molecule has 6 nitrogen and oxygen atoms in total. The first-order chi connectivity index (χ1) is 15.1. The van der Waals surface area contributed by atoms with Crippen LogP contribution in [0.2, 0.25) is 0 Å². The maximum Gasteiger partial charge on any atom is 0.273 e. The summed E-state index contributed by atoms with van der Waals surface area (Å²) in [7, 11) is 0. The fraction of sp³-hybridized carbons (Fsp3) is 0.542. The molecule has 7 heteroatoms. The van der Waals surface area contributed by atoms with Crippen molar-refractivity contribution in [2.24, 2.45) is 0 Å². The molecule has 0 spiro atoms. The lowest BCUT2D eigenvalue weighted by Gasteiger charge is -2.33. The van der Waals surface area contributed by atoms with Gasteiger partial charge in [0.1, 0.15) is 6.26 Å². The topological polar surface area (TPSA) is 75.4 Å². The van der Waals surface area contributed by atoms with E-state index < -0.39 is 0 Å². The second kappa shape index (κ2) is 10.4. The summed E-state index contributed by atoms with van der Waals surface area (Å²) in [6.45, 7) is 0.271. The third-order valence-corrected chi connectivity index (χ3v) is 6.87. The molecule has 0 aliphatic heterocycles. The Morgan fingerprint density at radius 1 is 1.06 bits per heavy atom. The van der Waals surface area contributed by atoms with E-state index in [2.05, 4.69) is 26.2 Å². The predicted octanol–water partition coefficient (Wildman–Crippen LogP) is 5.47. The Hall–Kier alpha value is -2.15. The van der Waals surface area contributed by atoms with E-state index in [0.29, 0.717) is 17.1 Å². The fourth-order valence-corrected chi connectivity index (χ4v) is 5.09. The maximum absolute atomic E-state index is 13.4. The molecule has 0 bridgehead atoms. The summed E-state index contributed by atoms with van der Waals surface area (Å²) < 4.78 is 6.51. The van der Waals surface area contributed by atoms with Crippen molar-refractivity contribution in [2.45, 2.75) is 82.8 Å². The van der Waals surface area contributed by atoms with Gasteiger partial charge >= 0.3 is 0 Å². The van der Waals surface area contributed by atoms with Crippen molar-refractivity contribution in [2.75, 3.05) is 0 Å². The van der Waals surface area contributed by atoms with E-state index in [1.165, 1.54) is 19.1 Å². The lowest BCUT2D eigenvalue weighted by atomic mass is 9.93. The van der Waals surface area contributed by atoms with Gasteiger partial charge in [-0.2, -0.15) is 0 Å². The number of hydrogen-bond acceptors (Lipinski definition) is 4. The first kappa shape index (κ1) is 22.1. The van der Waals surface area contributed by atoms with E-state index in [9.17, 15) is 9.59 Å². The predicted molar refractivity (Wildman–Crippen MR) is 122 cm³/mol. The molecule has 2 aliphatic carbocycles. The van der Waals surface area contributed by atoms with Crippen molar-refractivity contribution < 1.29 is 14.0 Å². The average Bonchev–Trinajstić information content (AvgIpc) is 3.27. The van der Waals surface area contributed by atoms with Gasteiger partial charge in [-0.15, -0.1) is 0 Å². The summed E-state index contributed by atoms with van der Waals surface area (Å²) in [6.07, 6.45) is 12.4. The summed E-state index contributed by atoms with van der Waals surface area (Å²) in [4.78, 5) is 32.2. The lowest BCUT2D eigenvalue weighted by molar-refractivity contribution is 0.0591. The maximum atomic E-state index is 13.4. The Morgan fingerprint density at radius 2 is 1.77 bits per heavy atom. The summed E-state index contributed by atoms with van der Waals surface area (Å²) in [5.41, 5.74) is 0.931. The number of benzene rings is 1. The van der Waals surface area contributed by atoms with Gasteiger partial charge < -0.3 is 14.6 Å². The highest BCUT2D eigenvalue weighted by molar-refractivity contribution is 9.10. The third kappa shape index (κ3) is 5.76. The van der Waals surface area contributed by atoms with Gasteiger partial charge in [0.2, 0.25) is 5.89 Å². The zero-order valence-corrected chi connectivity index (χ0v) is 19.4. The number of rotatable bonds is 6. The van der Waals surface area contributed by atoms with Gasteiger partial charge in [0.05, 0.1) is 6.54 Å². The Kier molecular flexibility index (Phi) is 7.43. The highest BCUT2D eigenvalue weighted by atomic mass is 79.9. The quantitative estimate of drug-likeness (QED) is 0.585. The molecule has 31 heavy (non-hydrogen) atoms. The number of oxazole rings is 1. The monoisotopic (exact) mass is 487 g/mol. The van der Waals surface area contributed by atoms with Crippen molar-refractivity contribution in [1.29, 1.82) is 0 Å². The second-order valence-corrected chi connectivity index (χ2v) is 9.59.